The molecule has 11 heavy (non-hydrogen) atoms. The van der Waals surface area contributed by atoms with Gasteiger partial charge in [-0.25, -0.2) is 0 Å². The standard InChI is InChI=1S/C8H10N2O/c1-5(2)7-3-6(4-9)8(10)11-7/h3,5H,10H2,1-2H3. The van der Waals surface area contributed by atoms with Gasteiger partial charge in [-0.2, -0.15) is 5.26 Å². The first-order chi connectivity index (χ1) is 5.15. The summed E-state index contributed by atoms with van der Waals surface area (Å²) in [6.45, 7) is 3.97. The summed E-state index contributed by atoms with van der Waals surface area (Å²) in [5, 5.41) is 8.52. The van der Waals surface area contributed by atoms with Gasteiger partial charge in [0, 0.05) is 5.92 Å². The molecular formula is C8H10N2O. The third-order valence-corrected chi connectivity index (χ3v) is 1.47. The lowest BCUT2D eigenvalue weighted by Gasteiger charge is -1.95. The van der Waals surface area contributed by atoms with E-state index in [4.69, 9.17) is 15.4 Å². The van der Waals surface area contributed by atoms with Gasteiger partial charge in [-0.3, -0.25) is 0 Å². The third-order valence-electron chi connectivity index (χ3n) is 1.47. The van der Waals surface area contributed by atoms with Crippen LogP contribution in [0.5, 0.6) is 0 Å². The number of anilines is 1. The smallest absolute Gasteiger partial charge is 0.208 e. The van der Waals surface area contributed by atoms with E-state index in [1.807, 2.05) is 19.9 Å². The van der Waals surface area contributed by atoms with Crippen LogP contribution in [0.3, 0.4) is 0 Å². The molecule has 0 unspecified atom stereocenters. The highest BCUT2D eigenvalue weighted by atomic mass is 16.4. The highest BCUT2D eigenvalue weighted by Crippen LogP contribution is 2.22. The summed E-state index contributed by atoms with van der Waals surface area (Å²) in [6, 6.07) is 3.63. The minimum atomic E-state index is 0.219. The van der Waals surface area contributed by atoms with E-state index in [1.54, 1.807) is 6.07 Å². The first kappa shape index (κ1) is 7.67. The predicted octanol–water partition coefficient (Wildman–Crippen LogP) is 1.86. The molecule has 2 N–H and O–H groups in total. The molecule has 3 heteroatoms. The number of hydrogen-bond acceptors (Lipinski definition) is 3. The minimum Gasteiger partial charge on any atom is -0.444 e. The molecule has 0 amide bonds. The van der Waals surface area contributed by atoms with Gasteiger partial charge in [-0.05, 0) is 6.07 Å². The summed E-state index contributed by atoms with van der Waals surface area (Å²) in [7, 11) is 0. The molecule has 0 atom stereocenters. The number of furan rings is 1. The van der Waals surface area contributed by atoms with Crippen LogP contribution >= 0.6 is 0 Å². The highest BCUT2D eigenvalue weighted by Gasteiger charge is 2.09. The molecule has 0 saturated heterocycles. The van der Waals surface area contributed by atoms with Crippen molar-refractivity contribution in [3.63, 3.8) is 0 Å². The van der Waals surface area contributed by atoms with Gasteiger partial charge >= 0.3 is 0 Å². The summed E-state index contributed by atoms with van der Waals surface area (Å²) in [5.74, 6) is 1.26. The van der Waals surface area contributed by atoms with Crippen molar-refractivity contribution in [3.8, 4) is 6.07 Å². The molecule has 0 bridgehead atoms. The van der Waals surface area contributed by atoms with E-state index in [0.717, 1.165) is 5.76 Å². The number of rotatable bonds is 1. The topological polar surface area (TPSA) is 63.0 Å². The van der Waals surface area contributed by atoms with E-state index >= 15 is 0 Å². The molecule has 1 rings (SSSR count). The van der Waals surface area contributed by atoms with E-state index < -0.39 is 0 Å². The molecule has 1 heterocycles. The van der Waals surface area contributed by atoms with Gasteiger partial charge in [-0.1, -0.05) is 13.8 Å². The normalized spacial score (nSPS) is 10.0. The maximum absolute atomic E-state index is 8.52. The van der Waals surface area contributed by atoms with Crippen molar-refractivity contribution in [3.05, 3.63) is 17.4 Å². The van der Waals surface area contributed by atoms with Gasteiger partial charge in [0.05, 0.1) is 0 Å². The van der Waals surface area contributed by atoms with Gasteiger partial charge in [0.25, 0.3) is 0 Å². The Morgan fingerprint density at radius 2 is 2.27 bits per heavy atom. The zero-order chi connectivity index (χ0) is 8.43. The molecule has 1 aromatic rings. The summed E-state index contributed by atoms with van der Waals surface area (Å²) in [5.41, 5.74) is 5.83. The monoisotopic (exact) mass is 150 g/mol. The van der Waals surface area contributed by atoms with Crippen LogP contribution in [0.2, 0.25) is 0 Å². The van der Waals surface area contributed by atoms with E-state index in [2.05, 4.69) is 0 Å². The van der Waals surface area contributed by atoms with Crippen LogP contribution in [-0.4, -0.2) is 0 Å². The average Bonchev–Trinajstić information content (AvgIpc) is 2.31. The highest BCUT2D eigenvalue weighted by molar-refractivity contribution is 5.47. The molecule has 0 aliphatic heterocycles. The van der Waals surface area contributed by atoms with Crippen LogP contribution < -0.4 is 5.73 Å². The van der Waals surface area contributed by atoms with E-state index in [0.29, 0.717) is 5.56 Å². The molecule has 0 aliphatic carbocycles. The molecule has 1 aromatic heterocycles. The SMILES string of the molecule is CC(C)c1cc(C#N)c(N)o1. The van der Waals surface area contributed by atoms with Gasteiger partial charge in [-0.15, -0.1) is 0 Å². The maximum atomic E-state index is 8.52. The second kappa shape index (κ2) is 2.67. The zero-order valence-electron chi connectivity index (χ0n) is 6.59. The third kappa shape index (κ3) is 1.35. The van der Waals surface area contributed by atoms with Gasteiger partial charge in [0.1, 0.15) is 17.4 Å². The fourth-order valence-electron chi connectivity index (χ4n) is 0.797. The summed E-state index contributed by atoms with van der Waals surface area (Å²) in [4.78, 5) is 0. The molecule has 58 valence electrons. The fourth-order valence-corrected chi connectivity index (χ4v) is 0.797. The van der Waals surface area contributed by atoms with Crippen LogP contribution in [-0.2, 0) is 0 Å². The maximum Gasteiger partial charge on any atom is 0.208 e. The quantitative estimate of drug-likeness (QED) is 0.664. The van der Waals surface area contributed by atoms with Crippen molar-refractivity contribution in [1.29, 1.82) is 5.26 Å². The Morgan fingerprint density at radius 3 is 2.55 bits per heavy atom. The lowest BCUT2D eigenvalue weighted by Crippen LogP contribution is -1.82. The van der Waals surface area contributed by atoms with Crippen molar-refractivity contribution in [2.24, 2.45) is 0 Å². The number of nitrogens with two attached hydrogens (primary N) is 1. The predicted molar refractivity (Wildman–Crippen MR) is 41.9 cm³/mol. The van der Waals surface area contributed by atoms with Crippen molar-refractivity contribution < 1.29 is 4.42 Å². The summed E-state index contributed by atoms with van der Waals surface area (Å²) in [6.07, 6.45) is 0. The first-order valence-corrected chi connectivity index (χ1v) is 3.44. The Kier molecular flexibility index (Phi) is 1.86. The fraction of sp³-hybridized carbons (Fsp3) is 0.375. The molecular weight excluding hydrogens is 140 g/mol. The van der Waals surface area contributed by atoms with E-state index in [1.165, 1.54) is 0 Å². The Bertz CT molecular complexity index is 294. The van der Waals surface area contributed by atoms with Crippen molar-refractivity contribution in [2.45, 2.75) is 19.8 Å². The van der Waals surface area contributed by atoms with Crippen LogP contribution in [0.15, 0.2) is 10.5 Å². The number of hydrogen-bond donors (Lipinski definition) is 1. The Balaban J connectivity index is 3.07. The Morgan fingerprint density at radius 1 is 1.64 bits per heavy atom. The molecule has 0 aromatic carbocycles. The Hall–Kier alpha value is -1.43. The summed E-state index contributed by atoms with van der Waals surface area (Å²) >= 11 is 0. The molecule has 0 saturated carbocycles. The van der Waals surface area contributed by atoms with Crippen LogP contribution in [0.4, 0.5) is 5.88 Å². The van der Waals surface area contributed by atoms with E-state index in [9.17, 15) is 0 Å². The number of nitrogen functional groups attached to an aromatic ring is 1. The van der Waals surface area contributed by atoms with Crippen LogP contribution in [0, 0.1) is 11.3 Å². The van der Waals surface area contributed by atoms with Gasteiger partial charge < -0.3 is 10.2 Å². The molecule has 0 fully saturated rings. The molecule has 0 aliphatic rings. The molecule has 0 radical (unpaired) electrons. The average molecular weight is 150 g/mol. The largest absolute Gasteiger partial charge is 0.444 e. The lowest BCUT2D eigenvalue weighted by atomic mass is 10.1. The minimum absolute atomic E-state index is 0.219. The number of nitrogens with zero attached hydrogens (tertiary/aromatic N) is 1. The Labute approximate surface area is 65.4 Å². The summed E-state index contributed by atoms with van der Waals surface area (Å²) < 4.78 is 5.12. The van der Waals surface area contributed by atoms with E-state index in [-0.39, 0.29) is 11.8 Å². The molecule has 0 spiro atoms. The van der Waals surface area contributed by atoms with Crippen molar-refractivity contribution >= 4 is 5.88 Å². The molecule has 3 nitrogen and oxygen atoms in total. The van der Waals surface area contributed by atoms with Gasteiger partial charge in [0.2, 0.25) is 5.88 Å². The second-order valence-electron chi connectivity index (χ2n) is 2.69. The van der Waals surface area contributed by atoms with Crippen LogP contribution in [0.25, 0.3) is 0 Å². The van der Waals surface area contributed by atoms with Crippen molar-refractivity contribution in [2.75, 3.05) is 5.73 Å². The van der Waals surface area contributed by atoms with Crippen molar-refractivity contribution in [1.82, 2.24) is 0 Å². The lowest BCUT2D eigenvalue weighted by molar-refractivity contribution is 0.502. The van der Waals surface area contributed by atoms with Crippen LogP contribution in [0.1, 0.15) is 31.1 Å². The first-order valence-electron chi connectivity index (χ1n) is 3.44. The number of nitriles is 1. The second-order valence-corrected chi connectivity index (χ2v) is 2.69. The zero-order valence-corrected chi connectivity index (χ0v) is 6.59. The van der Waals surface area contributed by atoms with Gasteiger partial charge in [0.15, 0.2) is 0 Å².